The topological polar surface area (TPSA) is 89.7 Å². The van der Waals surface area contributed by atoms with Crippen LogP contribution in [0.1, 0.15) is 16.7 Å². The lowest BCUT2D eigenvalue weighted by Gasteiger charge is -2.12. The summed E-state index contributed by atoms with van der Waals surface area (Å²) in [4.78, 5) is 36.6. The van der Waals surface area contributed by atoms with E-state index < -0.39 is 45.1 Å². The minimum Gasteiger partial charge on any atom is -0.449 e. The normalized spacial score (nSPS) is 14.9. The number of halogens is 5. The van der Waals surface area contributed by atoms with Gasteiger partial charge in [0, 0.05) is 6.07 Å². The van der Waals surface area contributed by atoms with Gasteiger partial charge < -0.3 is 4.74 Å². The highest BCUT2D eigenvalue weighted by Crippen LogP contribution is 2.40. The van der Waals surface area contributed by atoms with E-state index in [1.54, 1.807) is 0 Å². The van der Waals surface area contributed by atoms with Crippen LogP contribution in [0, 0.1) is 15.9 Å². The monoisotopic (exact) mass is 596 g/mol. The van der Waals surface area contributed by atoms with Gasteiger partial charge in [0.1, 0.15) is 11.6 Å². The first-order valence-electron chi connectivity index (χ1n) is 10.3. The molecule has 2 amide bonds. The zero-order valence-electron chi connectivity index (χ0n) is 18.3. The van der Waals surface area contributed by atoms with Crippen molar-refractivity contribution >= 4 is 50.6 Å². The van der Waals surface area contributed by atoms with Crippen molar-refractivity contribution in [2.75, 3.05) is 0 Å². The summed E-state index contributed by atoms with van der Waals surface area (Å²) in [5.74, 6) is -1.29. The van der Waals surface area contributed by atoms with Gasteiger partial charge in [-0.25, -0.2) is 4.39 Å². The molecule has 1 saturated heterocycles. The molecular weight excluding hydrogens is 584 g/mol. The van der Waals surface area contributed by atoms with E-state index >= 15 is 0 Å². The molecule has 13 heteroatoms. The first-order valence-corrected chi connectivity index (χ1v) is 11.9. The Kier molecular flexibility index (Phi) is 7.37. The Labute approximate surface area is 219 Å². The summed E-state index contributed by atoms with van der Waals surface area (Å²) in [6.45, 7) is -0.0231. The minimum atomic E-state index is -4.76. The van der Waals surface area contributed by atoms with E-state index in [4.69, 9.17) is 4.74 Å². The molecule has 0 atom stereocenters. The maximum atomic E-state index is 13.1. The third kappa shape index (κ3) is 6.00. The number of thioether (sulfide) groups is 1. The summed E-state index contributed by atoms with van der Waals surface area (Å²) < 4.78 is 57.7. The third-order valence-electron chi connectivity index (χ3n) is 5.08. The van der Waals surface area contributed by atoms with Gasteiger partial charge in [0.25, 0.3) is 11.1 Å². The predicted molar refractivity (Wildman–Crippen MR) is 130 cm³/mol. The average molecular weight is 597 g/mol. The number of benzene rings is 3. The first kappa shape index (κ1) is 26.4. The number of nitro groups is 1. The van der Waals surface area contributed by atoms with Crippen LogP contribution in [0.2, 0.25) is 0 Å². The number of carbonyl (C=O) groups is 2. The number of ether oxygens (including phenoxy) is 1. The van der Waals surface area contributed by atoms with Crippen molar-refractivity contribution in [2.45, 2.75) is 12.7 Å². The molecule has 3 aromatic rings. The summed E-state index contributed by atoms with van der Waals surface area (Å²) in [7, 11) is 0. The summed E-state index contributed by atoms with van der Waals surface area (Å²) in [6.07, 6.45) is -3.30. The molecule has 0 unspecified atom stereocenters. The van der Waals surface area contributed by atoms with Crippen molar-refractivity contribution in [3.05, 3.63) is 103 Å². The number of carbonyl (C=O) groups excluding carboxylic acids is 2. The Morgan fingerprint density at radius 3 is 2.32 bits per heavy atom. The van der Waals surface area contributed by atoms with Crippen molar-refractivity contribution in [3.8, 4) is 11.5 Å². The molecule has 0 aliphatic carbocycles. The second-order valence-corrected chi connectivity index (χ2v) is 9.47. The molecule has 0 bridgehead atoms. The highest BCUT2D eigenvalue weighted by molar-refractivity contribution is 9.10. The molecule has 0 saturated carbocycles. The predicted octanol–water partition coefficient (Wildman–Crippen LogP) is 7.54. The molecule has 0 aromatic heterocycles. The van der Waals surface area contributed by atoms with Crippen LogP contribution < -0.4 is 4.74 Å². The van der Waals surface area contributed by atoms with Crippen LogP contribution in [0.3, 0.4) is 0 Å². The molecule has 1 heterocycles. The minimum absolute atomic E-state index is 0.0231. The number of rotatable bonds is 6. The lowest BCUT2D eigenvalue weighted by atomic mass is 10.1. The second-order valence-electron chi connectivity index (χ2n) is 7.62. The van der Waals surface area contributed by atoms with E-state index in [0.717, 1.165) is 22.7 Å². The average Bonchev–Trinajstić information content (AvgIpc) is 3.08. The maximum Gasteiger partial charge on any atom is 0.416 e. The molecule has 0 radical (unpaired) electrons. The lowest BCUT2D eigenvalue weighted by Crippen LogP contribution is -2.27. The van der Waals surface area contributed by atoms with Gasteiger partial charge in [0.05, 0.1) is 26.4 Å². The van der Waals surface area contributed by atoms with Crippen molar-refractivity contribution in [1.82, 2.24) is 4.90 Å². The van der Waals surface area contributed by atoms with Crippen LogP contribution in [-0.4, -0.2) is 21.0 Å². The van der Waals surface area contributed by atoms with Crippen molar-refractivity contribution in [2.24, 2.45) is 0 Å². The summed E-state index contributed by atoms with van der Waals surface area (Å²) in [5.41, 5.74) is -0.991. The number of hydrogen-bond donors (Lipinski definition) is 0. The SMILES string of the molecule is O=C1S/C(=C/c2ccc(Oc3ccc(C(F)(F)F)cc3[N+](=O)[O-])c(Br)c2)C(=O)N1Cc1ccc(F)cc1. The van der Waals surface area contributed by atoms with Crippen molar-refractivity contribution < 1.29 is 36.8 Å². The van der Waals surface area contributed by atoms with Gasteiger partial charge in [0.2, 0.25) is 5.75 Å². The zero-order chi connectivity index (χ0) is 26.9. The van der Waals surface area contributed by atoms with E-state index in [2.05, 4.69) is 15.9 Å². The van der Waals surface area contributed by atoms with Crippen LogP contribution in [0.5, 0.6) is 11.5 Å². The number of nitrogens with zero attached hydrogens (tertiary/aromatic N) is 2. The Morgan fingerprint density at radius 2 is 1.70 bits per heavy atom. The van der Waals surface area contributed by atoms with Crippen LogP contribution >= 0.6 is 27.7 Å². The molecule has 0 spiro atoms. The standard InChI is InChI=1S/C24H13BrF4N2O5S/c25-17-9-14(10-21-22(32)30(23(33)37-21)12-13-1-5-16(26)6-2-13)3-7-19(17)36-20-8-4-15(24(27,28)29)11-18(20)31(34)35/h1-11H,12H2/b21-10+. The van der Waals surface area contributed by atoms with Crippen molar-refractivity contribution in [1.29, 1.82) is 0 Å². The van der Waals surface area contributed by atoms with Gasteiger partial charge in [0.15, 0.2) is 0 Å². The summed E-state index contributed by atoms with van der Waals surface area (Å²) in [6, 6.07) is 11.7. The summed E-state index contributed by atoms with van der Waals surface area (Å²) >= 11 is 3.98. The lowest BCUT2D eigenvalue weighted by molar-refractivity contribution is -0.385. The Hall–Kier alpha value is -3.71. The number of nitro benzene ring substituents is 1. The number of hydrogen-bond acceptors (Lipinski definition) is 6. The van der Waals surface area contributed by atoms with E-state index in [1.807, 2.05) is 0 Å². The molecule has 7 nitrogen and oxygen atoms in total. The fourth-order valence-corrected chi connectivity index (χ4v) is 4.61. The Bertz CT molecular complexity index is 1440. The van der Waals surface area contributed by atoms with E-state index in [0.29, 0.717) is 27.7 Å². The molecule has 3 aromatic carbocycles. The quantitative estimate of drug-likeness (QED) is 0.126. The van der Waals surface area contributed by atoms with Crippen LogP contribution in [0.15, 0.2) is 70.0 Å². The van der Waals surface area contributed by atoms with E-state index in [9.17, 15) is 37.3 Å². The van der Waals surface area contributed by atoms with Crippen LogP contribution in [0.4, 0.5) is 28.0 Å². The molecule has 190 valence electrons. The van der Waals surface area contributed by atoms with Crippen LogP contribution in [0.25, 0.3) is 6.08 Å². The molecule has 37 heavy (non-hydrogen) atoms. The molecule has 4 rings (SSSR count). The van der Waals surface area contributed by atoms with Gasteiger partial charge in [-0.3, -0.25) is 24.6 Å². The van der Waals surface area contributed by atoms with E-state index in [1.165, 1.54) is 48.5 Å². The zero-order valence-corrected chi connectivity index (χ0v) is 20.7. The Morgan fingerprint density at radius 1 is 1.03 bits per heavy atom. The summed E-state index contributed by atoms with van der Waals surface area (Å²) in [5, 5.41) is 10.8. The number of alkyl halides is 3. The van der Waals surface area contributed by atoms with Crippen LogP contribution in [-0.2, 0) is 17.5 Å². The molecule has 1 aliphatic rings. The fourth-order valence-electron chi connectivity index (χ4n) is 3.29. The first-order chi connectivity index (χ1) is 17.4. The largest absolute Gasteiger partial charge is 0.449 e. The molecule has 1 fully saturated rings. The molecule has 1 aliphatic heterocycles. The van der Waals surface area contributed by atoms with Gasteiger partial charge in [-0.05, 0) is 81.3 Å². The highest BCUT2D eigenvalue weighted by Gasteiger charge is 2.35. The van der Waals surface area contributed by atoms with Gasteiger partial charge >= 0.3 is 11.9 Å². The fraction of sp³-hybridized carbons (Fsp3) is 0.0833. The van der Waals surface area contributed by atoms with Gasteiger partial charge in [-0.1, -0.05) is 18.2 Å². The van der Waals surface area contributed by atoms with Gasteiger partial charge in [-0.15, -0.1) is 0 Å². The third-order valence-corrected chi connectivity index (χ3v) is 6.61. The Balaban J connectivity index is 1.53. The molecule has 0 N–H and O–H groups in total. The second kappa shape index (κ2) is 10.3. The van der Waals surface area contributed by atoms with Crippen molar-refractivity contribution in [3.63, 3.8) is 0 Å². The number of amides is 2. The maximum absolute atomic E-state index is 13.1. The van der Waals surface area contributed by atoms with Gasteiger partial charge in [-0.2, -0.15) is 13.2 Å². The highest BCUT2D eigenvalue weighted by atomic mass is 79.9. The smallest absolute Gasteiger partial charge is 0.416 e. The number of imide groups is 1. The molecular formula is C24H13BrF4N2O5S. The van der Waals surface area contributed by atoms with E-state index in [-0.39, 0.29) is 17.2 Å².